The molecule has 200 valence electrons. The summed E-state index contributed by atoms with van der Waals surface area (Å²) in [5.74, 6) is 3.51. The molecule has 6 unspecified atom stereocenters. The summed E-state index contributed by atoms with van der Waals surface area (Å²) in [4.78, 5) is 13.0. The molecule has 1 saturated carbocycles. The smallest absolute Gasteiger partial charge is 0.365 e. The number of imidazole rings is 1. The lowest BCUT2D eigenvalue weighted by atomic mass is 10.1. The Hall–Kier alpha value is -3.27. The van der Waals surface area contributed by atoms with E-state index < -0.39 is 48.2 Å². The van der Waals surface area contributed by atoms with E-state index in [1.54, 1.807) is 36.6 Å². The molecule has 2 aromatic heterocycles. The van der Waals surface area contributed by atoms with Gasteiger partial charge in [0.2, 0.25) is 0 Å². The van der Waals surface area contributed by atoms with Gasteiger partial charge in [0.15, 0.2) is 29.0 Å². The van der Waals surface area contributed by atoms with Crippen LogP contribution < -0.4 is 5.32 Å². The molecule has 1 N–H and O–H groups in total. The minimum atomic E-state index is -4.21. The normalized spacial score (nSPS) is 30.3. The molecule has 2 saturated heterocycles. The van der Waals surface area contributed by atoms with Gasteiger partial charge in [-0.3, -0.25) is 4.57 Å². The Morgan fingerprint density at radius 1 is 1.08 bits per heavy atom. The second kappa shape index (κ2) is 9.18. The third-order valence-electron chi connectivity index (χ3n) is 7.12. The van der Waals surface area contributed by atoms with E-state index >= 15 is 0 Å². The molecule has 3 fully saturated rings. The van der Waals surface area contributed by atoms with Crippen molar-refractivity contribution in [1.29, 1.82) is 0 Å². The number of fused-ring (bicyclic) bond motifs is 2. The van der Waals surface area contributed by atoms with Crippen molar-refractivity contribution in [3.8, 4) is 11.8 Å². The highest BCUT2D eigenvalue weighted by Crippen LogP contribution is 2.44. The number of aromatic nitrogens is 4. The van der Waals surface area contributed by atoms with Crippen LogP contribution in [0.3, 0.4) is 0 Å². The van der Waals surface area contributed by atoms with Crippen molar-refractivity contribution in [2.45, 2.75) is 75.7 Å². The van der Waals surface area contributed by atoms with Crippen LogP contribution in [0.2, 0.25) is 0 Å². The van der Waals surface area contributed by atoms with Gasteiger partial charge in [-0.1, -0.05) is 24.0 Å². The van der Waals surface area contributed by atoms with Gasteiger partial charge in [-0.05, 0) is 45.2 Å². The van der Waals surface area contributed by atoms with Crippen LogP contribution in [-0.2, 0) is 14.2 Å². The van der Waals surface area contributed by atoms with Crippen LogP contribution in [0.4, 0.5) is 23.4 Å². The van der Waals surface area contributed by atoms with E-state index in [0.29, 0.717) is 23.4 Å². The number of alkyl halides is 3. The zero-order chi connectivity index (χ0) is 26.7. The standard InChI is InChI=1S/C26H25F4N5O3/c1-25(2)37-20-18(10-7-14-5-3-4-6-17(14)27)36-24(21(20)38-25)35-13-33-19-22(31-12-32-23(19)35)34-16-9-8-15(11-16)26(28,29)30/h3-6,12-13,15-16,18,20-21,24H,8-9,11H2,1-2H3,(H,31,32,34). The molecule has 0 radical (unpaired) electrons. The van der Waals surface area contributed by atoms with Crippen LogP contribution >= 0.6 is 0 Å². The maximum Gasteiger partial charge on any atom is 0.391 e. The highest BCUT2D eigenvalue weighted by molar-refractivity contribution is 5.82. The van der Waals surface area contributed by atoms with Crippen LogP contribution in [-0.4, -0.2) is 55.8 Å². The lowest BCUT2D eigenvalue weighted by Gasteiger charge is -2.23. The second-order valence-corrected chi connectivity index (χ2v) is 10.2. The van der Waals surface area contributed by atoms with Crippen molar-refractivity contribution >= 4 is 17.0 Å². The predicted molar refractivity (Wildman–Crippen MR) is 127 cm³/mol. The number of anilines is 1. The monoisotopic (exact) mass is 531 g/mol. The van der Waals surface area contributed by atoms with Gasteiger partial charge in [0.25, 0.3) is 0 Å². The zero-order valence-corrected chi connectivity index (χ0v) is 20.6. The largest absolute Gasteiger partial charge is 0.391 e. The molecule has 0 bridgehead atoms. The molecule has 6 atom stereocenters. The summed E-state index contributed by atoms with van der Waals surface area (Å²) in [5.41, 5.74) is 1.07. The van der Waals surface area contributed by atoms with Crippen LogP contribution in [0, 0.1) is 23.6 Å². The Morgan fingerprint density at radius 3 is 2.63 bits per heavy atom. The highest BCUT2D eigenvalue weighted by atomic mass is 19.4. The first-order valence-electron chi connectivity index (χ1n) is 12.4. The quantitative estimate of drug-likeness (QED) is 0.392. The van der Waals surface area contributed by atoms with E-state index in [2.05, 4.69) is 32.1 Å². The van der Waals surface area contributed by atoms with Gasteiger partial charge in [-0.2, -0.15) is 13.2 Å². The van der Waals surface area contributed by atoms with Crippen molar-refractivity contribution in [2.24, 2.45) is 5.92 Å². The summed E-state index contributed by atoms with van der Waals surface area (Å²) in [6.07, 6.45) is -3.46. The van der Waals surface area contributed by atoms with Crippen molar-refractivity contribution < 1.29 is 31.8 Å². The Bertz CT molecular complexity index is 1420. The van der Waals surface area contributed by atoms with Gasteiger partial charge in [0.1, 0.15) is 30.5 Å². The summed E-state index contributed by atoms with van der Waals surface area (Å²) >= 11 is 0. The van der Waals surface area contributed by atoms with E-state index in [4.69, 9.17) is 14.2 Å². The fraction of sp³-hybridized carbons (Fsp3) is 0.500. The molecular weight excluding hydrogens is 506 g/mol. The van der Waals surface area contributed by atoms with Crippen LogP contribution in [0.1, 0.15) is 44.9 Å². The van der Waals surface area contributed by atoms with Gasteiger partial charge in [0.05, 0.1) is 17.8 Å². The molecule has 1 aliphatic carbocycles. The first-order valence-corrected chi connectivity index (χ1v) is 12.4. The molecule has 0 amide bonds. The van der Waals surface area contributed by atoms with Gasteiger partial charge in [-0.15, -0.1) is 0 Å². The average Bonchev–Trinajstić information content (AvgIpc) is 3.62. The number of hydrogen-bond acceptors (Lipinski definition) is 7. The highest BCUT2D eigenvalue weighted by Gasteiger charge is 2.56. The predicted octanol–water partition coefficient (Wildman–Crippen LogP) is 4.58. The molecule has 12 heteroatoms. The number of nitrogens with zero attached hydrogens (tertiary/aromatic N) is 4. The molecule has 8 nitrogen and oxygen atoms in total. The van der Waals surface area contributed by atoms with Crippen molar-refractivity contribution in [1.82, 2.24) is 19.5 Å². The Morgan fingerprint density at radius 2 is 1.87 bits per heavy atom. The lowest BCUT2D eigenvalue weighted by Crippen LogP contribution is -2.28. The SMILES string of the molecule is CC1(C)OC2C(C#Cc3ccccc3F)OC(n3cnc4c(NC5CCC(C(F)(F)F)C5)ncnc43)C2O1. The van der Waals surface area contributed by atoms with Crippen LogP contribution in [0.5, 0.6) is 0 Å². The molecule has 38 heavy (non-hydrogen) atoms. The van der Waals surface area contributed by atoms with Gasteiger partial charge in [-0.25, -0.2) is 19.3 Å². The third kappa shape index (κ3) is 4.59. The van der Waals surface area contributed by atoms with E-state index in [1.165, 1.54) is 18.7 Å². The molecule has 3 aromatic rings. The molecule has 3 aliphatic rings. The molecule has 0 spiro atoms. The fourth-order valence-corrected chi connectivity index (χ4v) is 5.38. The summed E-state index contributed by atoms with van der Waals surface area (Å²) in [5, 5.41) is 3.12. The molecule has 1 aromatic carbocycles. The maximum absolute atomic E-state index is 14.1. The first kappa shape index (κ1) is 25.0. The lowest BCUT2D eigenvalue weighted by molar-refractivity contribution is -0.190. The van der Waals surface area contributed by atoms with Gasteiger partial charge >= 0.3 is 6.18 Å². The summed E-state index contributed by atoms with van der Waals surface area (Å²) in [7, 11) is 0. The minimum Gasteiger partial charge on any atom is -0.365 e. The topological polar surface area (TPSA) is 83.3 Å². The van der Waals surface area contributed by atoms with Crippen molar-refractivity contribution in [2.75, 3.05) is 5.32 Å². The summed E-state index contributed by atoms with van der Waals surface area (Å²) in [6, 6.07) is 5.83. The second-order valence-electron chi connectivity index (χ2n) is 10.2. The number of ether oxygens (including phenoxy) is 3. The summed E-state index contributed by atoms with van der Waals surface area (Å²) < 4.78 is 73.6. The fourth-order valence-electron chi connectivity index (χ4n) is 5.38. The van der Waals surface area contributed by atoms with E-state index in [-0.39, 0.29) is 24.4 Å². The van der Waals surface area contributed by atoms with Crippen LogP contribution in [0.25, 0.3) is 11.2 Å². The molecule has 6 rings (SSSR count). The van der Waals surface area contributed by atoms with Gasteiger partial charge < -0.3 is 19.5 Å². The number of halogens is 4. The zero-order valence-electron chi connectivity index (χ0n) is 20.6. The first-order chi connectivity index (χ1) is 18.1. The van der Waals surface area contributed by atoms with E-state index in [0.717, 1.165) is 0 Å². The average molecular weight is 532 g/mol. The summed E-state index contributed by atoms with van der Waals surface area (Å²) in [6.45, 7) is 3.57. The number of rotatable bonds is 3. The van der Waals surface area contributed by atoms with E-state index in [9.17, 15) is 17.6 Å². The Balaban J connectivity index is 1.28. The van der Waals surface area contributed by atoms with Crippen molar-refractivity contribution in [3.05, 3.63) is 48.3 Å². The molecule has 2 aliphatic heterocycles. The third-order valence-corrected chi connectivity index (χ3v) is 7.12. The number of hydrogen-bond donors (Lipinski definition) is 1. The molecule has 4 heterocycles. The van der Waals surface area contributed by atoms with E-state index in [1.807, 2.05) is 0 Å². The van der Waals surface area contributed by atoms with Crippen LogP contribution in [0.15, 0.2) is 36.9 Å². The maximum atomic E-state index is 14.1. The Labute approximate surface area is 215 Å². The molecular formula is C26H25F4N5O3. The number of nitrogens with one attached hydrogen (secondary N) is 1. The Kier molecular flexibility index (Phi) is 6.05. The van der Waals surface area contributed by atoms with Crippen molar-refractivity contribution in [3.63, 3.8) is 0 Å². The number of benzene rings is 1. The van der Waals surface area contributed by atoms with Gasteiger partial charge in [0, 0.05) is 6.04 Å². The minimum absolute atomic E-state index is 0.0200.